The molecule has 18 heavy (non-hydrogen) atoms. The van der Waals surface area contributed by atoms with E-state index in [9.17, 15) is 4.79 Å². The van der Waals surface area contributed by atoms with Gasteiger partial charge in [-0.3, -0.25) is 9.69 Å². The quantitative estimate of drug-likeness (QED) is 0.858. The van der Waals surface area contributed by atoms with Gasteiger partial charge in [0.15, 0.2) is 0 Å². The van der Waals surface area contributed by atoms with E-state index in [2.05, 4.69) is 11.8 Å². The molecule has 0 bridgehead atoms. The smallest absolute Gasteiger partial charge is 0.303 e. The molecule has 2 atom stereocenters. The number of nitrogens with zero attached hydrogens (tertiary/aromatic N) is 1. The molecule has 0 heterocycles. The Morgan fingerprint density at radius 3 is 2.56 bits per heavy atom. The Labute approximate surface area is 113 Å². The molecule has 0 aliphatic carbocycles. The molecule has 0 spiro atoms. The summed E-state index contributed by atoms with van der Waals surface area (Å²) in [6, 6.07) is 8.13. The van der Waals surface area contributed by atoms with Crippen LogP contribution >= 0.6 is 11.6 Å². The molecule has 0 aliphatic heterocycles. The maximum atomic E-state index is 10.6. The van der Waals surface area contributed by atoms with Gasteiger partial charge < -0.3 is 5.11 Å². The number of carboxylic acid groups (broad SMARTS) is 1. The van der Waals surface area contributed by atoms with Crippen LogP contribution in [0.5, 0.6) is 0 Å². The Balaban J connectivity index is 2.68. The molecule has 1 rings (SSSR count). The second kappa shape index (κ2) is 6.76. The number of hydrogen-bond donors (Lipinski definition) is 1. The molecule has 0 saturated carbocycles. The SMILES string of the molecule is CC(CCC(=O)O)N(C)C(C)c1ccccc1Cl. The lowest BCUT2D eigenvalue weighted by Gasteiger charge is -2.31. The Kier molecular flexibility index (Phi) is 5.63. The monoisotopic (exact) mass is 269 g/mol. The van der Waals surface area contributed by atoms with E-state index in [-0.39, 0.29) is 18.5 Å². The average Bonchev–Trinajstić information content (AvgIpc) is 2.34. The molecule has 4 heteroatoms. The first-order valence-corrected chi connectivity index (χ1v) is 6.49. The van der Waals surface area contributed by atoms with E-state index in [0.29, 0.717) is 6.42 Å². The highest BCUT2D eigenvalue weighted by Crippen LogP contribution is 2.28. The number of carbonyl (C=O) groups is 1. The van der Waals surface area contributed by atoms with Crippen LogP contribution in [-0.2, 0) is 4.79 Å². The van der Waals surface area contributed by atoms with Crippen molar-refractivity contribution in [2.45, 2.75) is 38.8 Å². The van der Waals surface area contributed by atoms with Gasteiger partial charge in [-0.25, -0.2) is 0 Å². The second-order valence-corrected chi connectivity index (χ2v) is 5.05. The van der Waals surface area contributed by atoms with E-state index < -0.39 is 5.97 Å². The van der Waals surface area contributed by atoms with Crippen LogP contribution in [0.25, 0.3) is 0 Å². The van der Waals surface area contributed by atoms with E-state index in [1.54, 1.807) is 0 Å². The Bertz CT molecular complexity index is 409. The van der Waals surface area contributed by atoms with Gasteiger partial charge in [0.05, 0.1) is 0 Å². The second-order valence-electron chi connectivity index (χ2n) is 4.64. The largest absolute Gasteiger partial charge is 0.481 e. The molecule has 1 N–H and O–H groups in total. The van der Waals surface area contributed by atoms with Crippen LogP contribution < -0.4 is 0 Å². The first-order valence-electron chi connectivity index (χ1n) is 6.11. The van der Waals surface area contributed by atoms with E-state index >= 15 is 0 Å². The molecule has 100 valence electrons. The Morgan fingerprint density at radius 1 is 1.39 bits per heavy atom. The highest BCUT2D eigenvalue weighted by Gasteiger charge is 2.19. The predicted molar refractivity (Wildman–Crippen MR) is 74.0 cm³/mol. The minimum atomic E-state index is -0.749. The summed E-state index contributed by atoms with van der Waals surface area (Å²) in [5.41, 5.74) is 1.07. The first kappa shape index (κ1) is 15.0. The number of benzene rings is 1. The third-order valence-electron chi connectivity index (χ3n) is 3.44. The van der Waals surface area contributed by atoms with Crippen molar-refractivity contribution < 1.29 is 9.90 Å². The van der Waals surface area contributed by atoms with Crippen LogP contribution in [0.15, 0.2) is 24.3 Å². The van der Waals surface area contributed by atoms with Crippen LogP contribution in [0.4, 0.5) is 0 Å². The molecular formula is C14H20ClNO2. The predicted octanol–water partition coefficient (Wildman–Crippen LogP) is 3.59. The molecule has 0 saturated heterocycles. The lowest BCUT2D eigenvalue weighted by Crippen LogP contribution is -2.32. The minimum absolute atomic E-state index is 0.169. The lowest BCUT2D eigenvalue weighted by atomic mass is 10.0. The summed E-state index contributed by atoms with van der Waals surface area (Å²) in [7, 11) is 2.00. The van der Waals surface area contributed by atoms with Crippen molar-refractivity contribution in [3.05, 3.63) is 34.9 Å². The van der Waals surface area contributed by atoms with E-state index in [1.807, 2.05) is 38.2 Å². The topological polar surface area (TPSA) is 40.5 Å². The van der Waals surface area contributed by atoms with Gasteiger partial charge in [-0.05, 0) is 38.9 Å². The Morgan fingerprint density at radius 2 is 2.00 bits per heavy atom. The molecule has 1 aromatic carbocycles. The van der Waals surface area contributed by atoms with Gasteiger partial charge in [-0.1, -0.05) is 29.8 Å². The zero-order valence-corrected chi connectivity index (χ0v) is 11.8. The molecule has 0 radical (unpaired) electrons. The van der Waals surface area contributed by atoms with Crippen molar-refractivity contribution in [1.29, 1.82) is 0 Å². The lowest BCUT2D eigenvalue weighted by molar-refractivity contribution is -0.137. The normalized spacial score (nSPS) is 14.5. The van der Waals surface area contributed by atoms with Gasteiger partial charge in [0.1, 0.15) is 0 Å². The van der Waals surface area contributed by atoms with Gasteiger partial charge in [-0.15, -0.1) is 0 Å². The number of aliphatic carboxylic acids is 1. The number of carboxylic acids is 1. The van der Waals surface area contributed by atoms with Gasteiger partial charge in [0, 0.05) is 23.5 Å². The molecule has 0 amide bonds. The standard InChI is InChI=1S/C14H20ClNO2/c1-10(8-9-14(17)18)16(3)11(2)12-6-4-5-7-13(12)15/h4-7,10-11H,8-9H2,1-3H3,(H,17,18). The molecular weight excluding hydrogens is 250 g/mol. The summed E-state index contributed by atoms with van der Waals surface area (Å²) in [5.74, 6) is -0.749. The first-order chi connectivity index (χ1) is 8.43. The van der Waals surface area contributed by atoms with Crippen molar-refractivity contribution in [3.8, 4) is 0 Å². The van der Waals surface area contributed by atoms with Crippen molar-refractivity contribution in [3.63, 3.8) is 0 Å². The van der Waals surface area contributed by atoms with Crippen LogP contribution in [0.1, 0.15) is 38.3 Å². The van der Waals surface area contributed by atoms with Crippen LogP contribution in [0, 0.1) is 0 Å². The number of hydrogen-bond acceptors (Lipinski definition) is 2. The van der Waals surface area contributed by atoms with Crippen LogP contribution in [0.3, 0.4) is 0 Å². The fourth-order valence-electron chi connectivity index (χ4n) is 1.95. The molecule has 0 fully saturated rings. The molecule has 0 aromatic heterocycles. The fourth-order valence-corrected chi connectivity index (χ4v) is 2.24. The maximum Gasteiger partial charge on any atom is 0.303 e. The van der Waals surface area contributed by atoms with E-state index in [4.69, 9.17) is 16.7 Å². The van der Waals surface area contributed by atoms with Crippen molar-refractivity contribution in [2.75, 3.05) is 7.05 Å². The summed E-state index contributed by atoms with van der Waals surface area (Å²) in [5, 5.41) is 9.46. The maximum absolute atomic E-state index is 10.6. The van der Waals surface area contributed by atoms with Gasteiger partial charge in [-0.2, -0.15) is 0 Å². The molecule has 0 aliphatic rings. The van der Waals surface area contributed by atoms with Crippen molar-refractivity contribution in [1.82, 2.24) is 4.90 Å². The number of rotatable bonds is 6. The minimum Gasteiger partial charge on any atom is -0.481 e. The summed E-state index contributed by atoms with van der Waals surface area (Å²) >= 11 is 6.17. The van der Waals surface area contributed by atoms with Crippen LogP contribution in [-0.4, -0.2) is 29.1 Å². The highest BCUT2D eigenvalue weighted by molar-refractivity contribution is 6.31. The van der Waals surface area contributed by atoms with E-state index in [1.165, 1.54) is 0 Å². The molecule has 3 nitrogen and oxygen atoms in total. The third-order valence-corrected chi connectivity index (χ3v) is 3.78. The average molecular weight is 270 g/mol. The van der Waals surface area contributed by atoms with Gasteiger partial charge in [0.2, 0.25) is 0 Å². The summed E-state index contributed by atoms with van der Waals surface area (Å²) in [6.45, 7) is 4.12. The Hall–Kier alpha value is -1.06. The summed E-state index contributed by atoms with van der Waals surface area (Å²) in [6.07, 6.45) is 0.835. The van der Waals surface area contributed by atoms with E-state index in [0.717, 1.165) is 10.6 Å². The summed E-state index contributed by atoms with van der Waals surface area (Å²) < 4.78 is 0. The third kappa shape index (κ3) is 4.00. The van der Waals surface area contributed by atoms with Crippen LogP contribution in [0.2, 0.25) is 5.02 Å². The molecule has 1 aromatic rings. The van der Waals surface area contributed by atoms with Crippen molar-refractivity contribution >= 4 is 17.6 Å². The zero-order valence-electron chi connectivity index (χ0n) is 11.1. The highest BCUT2D eigenvalue weighted by atomic mass is 35.5. The van der Waals surface area contributed by atoms with Crippen molar-refractivity contribution in [2.24, 2.45) is 0 Å². The van der Waals surface area contributed by atoms with Gasteiger partial charge in [0.25, 0.3) is 0 Å². The number of halogens is 1. The fraction of sp³-hybridized carbons (Fsp3) is 0.500. The zero-order chi connectivity index (χ0) is 13.7. The molecule has 2 unspecified atom stereocenters. The van der Waals surface area contributed by atoms with Gasteiger partial charge >= 0.3 is 5.97 Å². The summed E-state index contributed by atoms with van der Waals surface area (Å²) in [4.78, 5) is 12.7.